The predicted molar refractivity (Wildman–Crippen MR) is 102 cm³/mol. The van der Waals surface area contributed by atoms with Crippen molar-refractivity contribution in [3.05, 3.63) is 29.8 Å². The molecule has 0 unspecified atom stereocenters. The molecule has 0 aliphatic carbocycles. The van der Waals surface area contributed by atoms with Gasteiger partial charge in [0.2, 0.25) is 10.0 Å². The number of nitrogens with one attached hydrogen (secondary N) is 1. The van der Waals surface area contributed by atoms with Crippen LogP contribution < -0.4 is 5.32 Å². The molecule has 2 rings (SSSR count). The maximum Gasteiger partial charge on any atom is 0.309 e. The molecule has 0 aromatic heterocycles. The average Bonchev–Trinajstić information content (AvgIpc) is 2.65. The van der Waals surface area contributed by atoms with Crippen molar-refractivity contribution in [1.82, 2.24) is 9.62 Å². The second-order valence-electron chi connectivity index (χ2n) is 7.09. The number of hydrogen-bond donors (Lipinski definition) is 1. The lowest BCUT2D eigenvalue weighted by atomic mass is 9.98. The first-order valence-corrected chi connectivity index (χ1v) is 10.6. The Bertz CT molecular complexity index is 842. The zero-order chi connectivity index (χ0) is 20.9. The van der Waals surface area contributed by atoms with Gasteiger partial charge in [-0.2, -0.15) is 4.31 Å². The highest BCUT2D eigenvalue weighted by Gasteiger charge is 2.33. The summed E-state index contributed by atoms with van der Waals surface area (Å²) in [4.78, 5) is 35.2. The molecule has 0 saturated carbocycles. The van der Waals surface area contributed by atoms with Gasteiger partial charge in [-0.3, -0.25) is 14.4 Å². The van der Waals surface area contributed by atoms with E-state index >= 15 is 0 Å². The standard InChI is InChI=1S/C19H26N2O6S/c1-13(2)20-18(23)12-27-19(24)15-7-9-21(10-8-15)28(25,26)17-6-4-5-16(11-17)14(3)22/h4-6,11,13,15H,7-10,12H2,1-3H3,(H,20,23). The number of nitrogens with zero attached hydrogens (tertiary/aromatic N) is 1. The molecule has 1 aromatic rings. The minimum absolute atomic E-state index is 0.0406. The van der Waals surface area contributed by atoms with Crippen LogP contribution in [0.2, 0.25) is 0 Å². The Labute approximate surface area is 165 Å². The summed E-state index contributed by atoms with van der Waals surface area (Å²) in [5, 5.41) is 2.63. The molecule has 8 nitrogen and oxygen atoms in total. The molecule has 9 heteroatoms. The summed E-state index contributed by atoms with van der Waals surface area (Å²) < 4.78 is 31.9. The van der Waals surface area contributed by atoms with E-state index in [0.29, 0.717) is 18.4 Å². The number of benzene rings is 1. The fourth-order valence-electron chi connectivity index (χ4n) is 2.97. The molecule has 0 bridgehead atoms. The smallest absolute Gasteiger partial charge is 0.309 e. The Morgan fingerprint density at radius 2 is 1.86 bits per heavy atom. The number of sulfonamides is 1. The van der Waals surface area contributed by atoms with Gasteiger partial charge in [0.15, 0.2) is 12.4 Å². The first-order chi connectivity index (χ1) is 13.1. The minimum Gasteiger partial charge on any atom is -0.455 e. The molecule has 0 atom stereocenters. The Kier molecular flexibility index (Phi) is 7.31. The van der Waals surface area contributed by atoms with Crippen LogP contribution in [0.5, 0.6) is 0 Å². The normalized spacial score (nSPS) is 16.0. The first-order valence-electron chi connectivity index (χ1n) is 9.18. The lowest BCUT2D eigenvalue weighted by molar-refractivity contribution is -0.153. The molecule has 1 saturated heterocycles. The highest BCUT2D eigenvalue weighted by Crippen LogP contribution is 2.25. The van der Waals surface area contributed by atoms with E-state index in [4.69, 9.17) is 4.74 Å². The first kappa shape index (κ1) is 22.0. The van der Waals surface area contributed by atoms with Crippen molar-refractivity contribution in [2.45, 2.75) is 44.6 Å². The summed E-state index contributed by atoms with van der Waals surface area (Å²) >= 11 is 0. The van der Waals surface area contributed by atoms with Gasteiger partial charge < -0.3 is 10.1 Å². The van der Waals surface area contributed by atoms with Gasteiger partial charge in [-0.1, -0.05) is 12.1 Å². The van der Waals surface area contributed by atoms with Crippen LogP contribution in [0.3, 0.4) is 0 Å². The zero-order valence-corrected chi connectivity index (χ0v) is 17.1. The number of carbonyl (C=O) groups is 3. The molecule has 1 N–H and O–H groups in total. The molecule has 1 aromatic carbocycles. The Morgan fingerprint density at radius 1 is 1.21 bits per heavy atom. The third-order valence-corrected chi connectivity index (χ3v) is 6.36. The van der Waals surface area contributed by atoms with Crippen LogP contribution in [0.4, 0.5) is 0 Å². The molecule has 0 radical (unpaired) electrons. The van der Waals surface area contributed by atoms with Gasteiger partial charge in [-0.05, 0) is 45.7 Å². The van der Waals surface area contributed by atoms with Crippen LogP contribution >= 0.6 is 0 Å². The highest BCUT2D eigenvalue weighted by molar-refractivity contribution is 7.89. The highest BCUT2D eigenvalue weighted by atomic mass is 32.2. The minimum atomic E-state index is -3.74. The van der Waals surface area contributed by atoms with Gasteiger partial charge in [0, 0.05) is 24.7 Å². The van der Waals surface area contributed by atoms with E-state index in [9.17, 15) is 22.8 Å². The van der Waals surface area contributed by atoms with Crippen molar-refractivity contribution >= 4 is 27.7 Å². The third kappa shape index (κ3) is 5.62. The Morgan fingerprint density at radius 3 is 2.43 bits per heavy atom. The fraction of sp³-hybridized carbons (Fsp3) is 0.526. The summed E-state index contributed by atoms with van der Waals surface area (Å²) in [5.74, 6) is -1.51. The molecular formula is C19H26N2O6S. The van der Waals surface area contributed by atoms with Crippen molar-refractivity contribution in [1.29, 1.82) is 0 Å². The lowest BCUT2D eigenvalue weighted by Crippen LogP contribution is -2.41. The van der Waals surface area contributed by atoms with Gasteiger partial charge in [-0.25, -0.2) is 8.42 Å². The van der Waals surface area contributed by atoms with E-state index in [0.717, 1.165) is 0 Å². The summed E-state index contributed by atoms with van der Waals surface area (Å²) in [6.45, 7) is 5.00. The van der Waals surface area contributed by atoms with Gasteiger partial charge in [0.1, 0.15) is 0 Å². The topological polar surface area (TPSA) is 110 Å². The van der Waals surface area contributed by atoms with Crippen molar-refractivity contribution in [3.63, 3.8) is 0 Å². The second kappa shape index (κ2) is 9.29. The van der Waals surface area contributed by atoms with Gasteiger partial charge in [0.25, 0.3) is 5.91 Å². The van der Waals surface area contributed by atoms with Crippen LogP contribution in [0.1, 0.15) is 44.0 Å². The van der Waals surface area contributed by atoms with E-state index < -0.39 is 21.9 Å². The number of ketones is 1. The van der Waals surface area contributed by atoms with Crippen molar-refractivity contribution in [2.24, 2.45) is 5.92 Å². The van der Waals surface area contributed by atoms with E-state index in [1.54, 1.807) is 6.07 Å². The predicted octanol–water partition coefficient (Wildman–Crippen LogP) is 1.36. The van der Waals surface area contributed by atoms with Crippen LogP contribution in [0, 0.1) is 5.92 Å². The number of piperidine rings is 1. The van der Waals surface area contributed by atoms with E-state index in [1.165, 1.54) is 29.4 Å². The number of Topliss-reactive ketones (excluding diaryl/α,β-unsaturated/α-hetero) is 1. The van der Waals surface area contributed by atoms with Gasteiger partial charge >= 0.3 is 5.97 Å². The van der Waals surface area contributed by atoms with Crippen molar-refractivity contribution < 1.29 is 27.5 Å². The molecule has 28 heavy (non-hydrogen) atoms. The molecule has 1 fully saturated rings. The number of amides is 1. The number of hydrogen-bond acceptors (Lipinski definition) is 6. The van der Waals surface area contributed by atoms with Gasteiger partial charge in [0.05, 0.1) is 10.8 Å². The van der Waals surface area contributed by atoms with Gasteiger partial charge in [-0.15, -0.1) is 0 Å². The van der Waals surface area contributed by atoms with Crippen molar-refractivity contribution in [3.8, 4) is 0 Å². The lowest BCUT2D eigenvalue weighted by Gasteiger charge is -2.30. The van der Waals surface area contributed by atoms with Crippen LogP contribution in [-0.4, -0.2) is 56.1 Å². The molecule has 154 valence electrons. The monoisotopic (exact) mass is 410 g/mol. The second-order valence-corrected chi connectivity index (χ2v) is 9.03. The summed E-state index contributed by atoms with van der Waals surface area (Å²) in [6, 6.07) is 5.89. The third-order valence-electron chi connectivity index (χ3n) is 4.46. The number of ether oxygens (including phenoxy) is 1. The summed E-state index contributed by atoms with van der Waals surface area (Å²) in [5.41, 5.74) is 0.333. The largest absolute Gasteiger partial charge is 0.455 e. The molecule has 1 aliphatic heterocycles. The molecule has 1 heterocycles. The molecule has 0 spiro atoms. The zero-order valence-electron chi connectivity index (χ0n) is 16.3. The van der Waals surface area contributed by atoms with E-state index in [-0.39, 0.29) is 42.3 Å². The number of carbonyl (C=O) groups excluding carboxylic acids is 3. The Balaban J connectivity index is 1.94. The molecule has 1 amide bonds. The summed E-state index contributed by atoms with van der Waals surface area (Å²) in [6.07, 6.45) is 0.631. The van der Waals surface area contributed by atoms with E-state index in [1.807, 2.05) is 13.8 Å². The fourth-order valence-corrected chi connectivity index (χ4v) is 4.49. The SMILES string of the molecule is CC(=O)c1cccc(S(=O)(=O)N2CCC(C(=O)OCC(=O)NC(C)C)CC2)c1. The maximum atomic E-state index is 12.8. The number of rotatable bonds is 7. The van der Waals surface area contributed by atoms with Crippen LogP contribution in [-0.2, 0) is 24.3 Å². The van der Waals surface area contributed by atoms with Crippen molar-refractivity contribution in [2.75, 3.05) is 19.7 Å². The molecule has 1 aliphatic rings. The maximum absolute atomic E-state index is 12.8. The number of esters is 1. The molecular weight excluding hydrogens is 384 g/mol. The summed E-state index contributed by atoms with van der Waals surface area (Å²) in [7, 11) is -3.74. The Hall–Kier alpha value is -2.26. The average molecular weight is 410 g/mol. The van der Waals surface area contributed by atoms with Crippen LogP contribution in [0.15, 0.2) is 29.2 Å². The van der Waals surface area contributed by atoms with Crippen LogP contribution in [0.25, 0.3) is 0 Å². The quantitative estimate of drug-likeness (QED) is 0.537. The van der Waals surface area contributed by atoms with E-state index in [2.05, 4.69) is 5.32 Å².